The summed E-state index contributed by atoms with van der Waals surface area (Å²) in [5.41, 5.74) is 0.768. The first-order chi connectivity index (χ1) is 6.63. The molecule has 1 rings (SSSR count). The number of aliphatic hydroxyl groups is 1. The van der Waals surface area contributed by atoms with Crippen LogP contribution >= 0.6 is 35.0 Å². The van der Waals surface area contributed by atoms with E-state index in [2.05, 4.69) is 4.98 Å². The molecule has 0 fully saturated rings. The molecule has 0 aliphatic rings. The molecule has 1 heterocycles. The molecule has 0 radical (unpaired) electrons. The molecule has 1 atom stereocenters. The largest absolute Gasteiger partial charge is 0.395 e. The molecule has 0 bridgehead atoms. The maximum Gasteiger partial charge on any atom is 0.129 e. The number of halogens is 2. The predicted octanol–water partition coefficient (Wildman–Crippen LogP) is 3.00. The van der Waals surface area contributed by atoms with Crippen LogP contribution in [0, 0.1) is 0 Å². The molecule has 0 spiro atoms. The van der Waals surface area contributed by atoms with Gasteiger partial charge in [-0.3, -0.25) is 0 Å². The summed E-state index contributed by atoms with van der Waals surface area (Å²) in [6.45, 7) is 2.10. The first-order valence-electron chi connectivity index (χ1n) is 4.17. The van der Waals surface area contributed by atoms with Crippen molar-refractivity contribution in [3.63, 3.8) is 0 Å². The van der Waals surface area contributed by atoms with Crippen LogP contribution < -0.4 is 0 Å². The number of rotatable bonds is 4. The number of hydrogen-bond acceptors (Lipinski definition) is 3. The molecule has 1 unspecified atom stereocenters. The maximum atomic E-state index is 8.84. The van der Waals surface area contributed by atoms with Crippen LogP contribution in [0.3, 0.4) is 0 Å². The van der Waals surface area contributed by atoms with Crippen molar-refractivity contribution in [2.24, 2.45) is 0 Å². The van der Waals surface area contributed by atoms with Crippen molar-refractivity contribution >= 4 is 35.0 Å². The Hall–Kier alpha value is 0.0400. The first kappa shape index (κ1) is 12.1. The lowest BCUT2D eigenvalue weighted by molar-refractivity contribution is 0.300. The zero-order valence-electron chi connectivity index (χ0n) is 7.70. The number of pyridine rings is 1. The highest BCUT2D eigenvalue weighted by molar-refractivity contribution is 7.99. The van der Waals surface area contributed by atoms with E-state index in [-0.39, 0.29) is 11.9 Å². The fourth-order valence-corrected chi connectivity index (χ4v) is 2.02. The molecule has 1 N–H and O–H groups in total. The van der Waals surface area contributed by atoms with Gasteiger partial charge < -0.3 is 5.11 Å². The van der Waals surface area contributed by atoms with E-state index < -0.39 is 0 Å². The molecule has 0 saturated carbocycles. The van der Waals surface area contributed by atoms with Crippen LogP contribution in [0.15, 0.2) is 12.1 Å². The zero-order valence-corrected chi connectivity index (χ0v) is 10.0. The summed E-state index contributed by atoms with van der Waals surface area (Å²) in [4.78, 5) is 4.11. The Labute approximate surface area is 97.6 Å². The topological polar surface area (TPSA) is 33.1 Å². The Kier molecular flexibility index (Phi) is 5.02. The van der Waals surface area contributed by atoms with E-state index in [1.807, 2.05) is 6.92 Å². The summed E-state index contributed by atoms with van der Waals surface area (Å²) in [5, 5.41) is 10.1. The van der Waals surface area contributed by atoms with Crippen LogP contribution in [0.25, 0.3) is 0 Å². The van der Waals surface area contributed by atoms with Crippen LogP contribution in [-0.4, -0.2) is 21.9 Å². The molecule has 5 heteroatoms. The molecule has 0 saturated heterocycles. The summed E-state index contributed by atoms with van der Waals surface area (Å²) in [5.74, 6) is 0.668. The van der Waals surface area contributed by atoms with Crippen molar-refractivity contribution in [2.75, 3.05) is 6.61 Å². The molecular formula is C9H11Cl2NOS. The minimum absolute atomic E-state index is 0.156. The van der Waals surface area contributed by atoms with Gasteiger partial charge in [-0.25, -0.2) is 4.98 Å². The number of aromatic nitrogens is 1. The Morgan fingerprint density at radius 2 is 2.21 bits per heavy atom. The molecular weight excluding hydrogens is 241 g/mol. The van der Waals surface area contributed by atoms with E-state index in [0.717, 1.165) is 5.69 Å². The van der Waals surface area contributed by atoms with Crippen molar-refractivity contribution in [3.8, 4) is 0 Å². The van der Waals surface area contributed by atoms with Crippen molar-refractivity contribution in [1.82, 2.24) is 4.98 Å². The van der Waals surface area contributed by atoms with Gasteiger partial charge in [0.1, 0.15) is 5.15 Å². The summed E-state index contributed by atoms with van der Waals surface area (Å²) in [6, 6.07) is 3.39. The summed E-state index contributed by atoms with van der Waals surface area (Å²) < 4.78 is 0. The van der Waals surface area contributed by atoms with Gasteiger partial charge in [-0.15, -0.1) is 11.8 Å². The Balaban J connectivity index is 2.62. The predicted molar refractivity (Wildman–Crippen MR) is 62.1 cm³/mol. The zero-order chi connectivity index (χ0) is 10.6. The third-order valence-electron chi connectivity index (χ3n) is 1.65. The second kappa shape index (κ2) is 5.81. The summed E-state index contributed by atoms with van der Waals surface area (Å²) >= 11 is 13.3. The Bertz CT molecular complexity index is 309. The minimum Gasteiger partial charge on any atom is -0.395 e. The van der Waals surface area contributed by atoms with Crippen LogP contribution in [0.2, 0.25) is 10.2 Å². The normalized spacial score (nSPS) is 12.9. The van der Waals surface area contributed by atoms with Gasteiger partial charge in [-0.1, -0.05) is 30.1 Å². The highest BCUT2D eigenvalue weighted by Gasteiger charge is 2.06. The van der Waals surface area contributed by atoms with Gasteiger partial charge in [0, 0.05) is 11.0 Å². The smallest absolute Gasteiger partial charge is 0.129 e. The fraction of sp³-hybridized carbons (Fsp3) is 0.444. The van der Waals surface area contributed by atoms with Crippen LogP contribution in [0.1, 0.15) is 12.6 Å². The highest BCUT2D eigenvalue weighted by atomic mass is 35.5. The van der Waals surface area contributed by atoms with E-state index in [1.165, 1.54) is 0 Å². The molecule has 0 aliphatic heterocycles. The molecule has 2 nitrogen and oxygen atoms in total. The van der Waals surface area contributed by atoms with Gasteiger partial charge in [-0.2, -0.15) is 0 Å². The first-order valence-corrected chi connectivity index (χ1v) is 5.97. The van der Waals surface area contributed by atoms with E-state index >= 15 is 0 Å². The number of hydrogen-bond donors (Lipinski definition) is 1. The molecule has 0 aliphatic carbocycles. The Morgan fingerprint density at radius 1 is 1.50 bits per heavy atom. The van der Waals surface area contributed by atoms with Gasteiger partial charge in [0.25, 0.3) is 0 Å². The van der Waals surface area contributed by atoms with Crippen LogP contribution in [0.5, 0.6) is 0 Å². The van der Waals surface area contributed by atoms with Gasteiger partial charge in [0.05, 0.1) is 17.3 Å². The summed E-state index contributed by atoms with van der Waals surface area (Å²) in [6.07, 6.45) is 0. The van der Waals surface area contributed by atoms with E-state index in [1.54, 1.807) is 23.9 Å². The minimum atomic E-state index is 0.156. The molecule has 14 heavy (non-hydrogen) atoms. The lowest BCUT2D eigenvalue weighted by Crippen LogP contribution is -2.03. The van der Waals surface area contributed by atoms with Gasteiger partial charge in [0.2, 0.25) is 0 Å². The van der Waals surface area contributed by atoms with Crippen LogP contribution in [-0.2, 0) is 5.75 Å². The van der Waals surface area contributed by atoms with Crippen molar-refractivity contribution in [2.45, 2.75) is 17.9 Å². The van der Waals surface area contributed by atoms with Crippen LogP contribution in [0.4, 0.5) is 0 Å². The molecule has 78 valence electrons. The molecule has 1 aromatic rings. The maximum absolute atomic E-state index is 8.84. The van der Waals surface area contributed by atoms with E-state index in [4.69, 9.17) is 28.3 Å². The number of aliphatic hydroxyl groups excluding tert-OH is 1. The second-order valence-electron chi connectivity index (χ2n) is 2.87. The highest BCUT2D eigenvalue weighted by Crippen LogP contribution is 2.23. The monoisotopic (exact) mass is 251 g/mol. The van der Waals surface area contributed by atoms with Crippen molar-refractivity contribution in [1.29, 1.82) is 0 Å². The lowest BCUT2D eigenvalue weighted by Gasteiger charge is -2.08. The third-order valence-corrected chi connectivity index (χ3v) is 3.36. The fourth-order valence-electron chi connectivity index (χ4n) is 0.833. The summed E-state index contributed by atoms with van der Waals surface area (Å²) in [7, 11) is 0. The standard InChI is InChI=1S/C9H11Cl2NOS/c1-6(4-13)14-5-8-7(10)2-3-9(11)12-8/h2-3,6,13H,4-5H2,1H3. The molecule has 0 aromatic carbocycles. The third kappa shape index (κ3) is 3.65. The number of nitrogens with zero attached hydrogens (tertiary/aromatic N) is 1. The van der Waals surface area contributed by atoms with Gasteiger partial charge in [0.15, 0.2) is 0 Å². The van der Waals surface area contributed by atoms with Crippen molar-refractivity contribution in [3.05, 3.63) is 28.0 Å². The SMILES string of the molecule is CC(CO)SCc1nc(Cl)ccc1Cl. The van der Waals surface area contributed by atoms with Gasteiger partial charge >= 0.3 is 0 Å². The number of thioether (sulfide) groups is 1. The van der Waals surface area contributed by atoms with E-state index in [0.29, 0.717) is 15.9 Å². The Morgan fingerprint density at radius 3 is 2.86 bits per heavy atom. The van der Waals surface area contributed by atoms with Gasteiger partial charge in [-0.05, 0) is 12.1 Å². The average molecular weight is 252 g/mol. The van der Waals surface area contributed by atoms with Crippen molar-refractivity contribution < 1.29 is 5.11 Å². The quantitative estimate of drug-likeness (QED) is 0.836. The molecule has 0 amide bonds. The van der Waals surface area contributed by atoms with E-state index in [9.17, 15) is 0 Å². The molecule has 1 aromatic heterocycles. The lowest BCUT2D eigenvalue weighted by atomic mass is 10.4. The second-order valence-corrected chi connectivity index (χ2v) is 5.09. The average Bonchev–Trinajstić information content (AvgIpc) is 2.19.